The second-order valence-electron chi connectivity index (χ2n) is 8.24. The Morgan fingerprint density at radius 2 is 0.892 bits per heavy atom. The lowest BCUT2D eigenvalue weighted by atomic mass is 10.2. The standard InChI is InChI=1S/C24H28N8O4.ClH/c1-33-17-9-13-15(11-19(17)35-3)27-23(29-21(13)25)31-5-7-32(8-6-31)24-28-16-12-20(36-4)18(34-2)10-14(16)22(26)30-24;/h9-12H,5-8H2,1-4H3,(H2,25,27,29)(H2,26,28,30);1H. The van der Waals surface area contributed by atoms with E-state index >= 15 is 0 Å². The molecule has 4 N–H and O–H groups in total. The van der Waals surface area contributed by atoms with E-state index in [4.69, 9.17) is 40.4 Å². The van der Waals surface area contributed by atoms with Gasteiger partial charge in [-0.15, -0.1) is 12.4 Å². The molecule has 0 aliphatic carbocycles. The number of nitrogens with two attached hydrogens (primary N) is 2. The molecule has 3 heterocycles. The average molecular weight is 529 g/mol. The summed E-state index contributed by atoms with van der Waals surface area (Å²) in [5.41, 5.74) is 13.9. The number of benzene rings is 2. The first-order valence-electron chi connectivity index (χ1n) is 11.3. The van der Waals surface area contributed by atoms with E-state index in [1.807, 2.05) is 0 Å². The number of nitrogen functional groups attached to an aromatic ring is 2. The third-order valence-electron chi connectivity index (χ3n) is 6.28. The molecule has 0 saturated carbocycles. The molecule has 1 aliphatic heterocycles. The van der Waals surface area contributed by atoms with Gasteiger partial charge in [0.25, 0.3) is 0 Å². The van der Waals surface area contributed by atoms with E-state index in [2.05, 4.69) is 19.8 Å². The highest BCUT2D eigenvalue weighted by molar-refractivity contribution is 5.92. The zero-order valence-electron chi connectivity index (χ0n) is 21.0. The van der Waals surface area contributed by atoms with Crippen LogP contribution in [-0.4, -0.2) is 74.6 Å². The molecule has 37 heavy (non-hydrogen) atoms. The van der Waals surface area contributed by atoms with Crippen LogP contribution in [0.3, 0.4) is 0 Å². The molecule has 1 saturated heterocycles. The highest BCUT2D eigenvalue weighted by Crippen LogP contribution is 2.35. The molecule has 0 unspecified atom stereocenters. The van der Waals surface area contributed by atoms with Crippen LogP contribution in [0, 0.1) is 0 Å². The molecule has 0 amide bonds. The molecule has 196 valence electrons. The van der Waals surface area contributed by atoms with Crippen LogP contribution in [0.4, 0.5) is 23.5 Å². The Balaban J connectivity index is 0.00000320. The van der Waals surface area contributed by atoms with Crippen LogP contribution >= 0.6 is 12.4 Å². The Morgan fingerprint density at radius 1 is 0.568 bits per heavy atom. The normalized spacial score (nSPS) is 13.4. The lowest BCUT2D eigenvalue weighted by Crippen LogP contribution is -2.47. The first-order valence-corrected chi connectivity index (χ1v) is 11.3. The fourth-order valence-electron chi connectivity index (χ4n) is 4.32. The highest BCUT2D eigenvalue weighted by Gasteiger charge is 2.23. The minimum Gasteiger partial charge on any atom is -0.493 e. The van der Waals surface area contributed by atoms with Crippen molar-refractivity contribution in [3.8, 4) is 23.0 Å². The van der Waals surface area contributed by atoms with Crippen LogP contribution in [0.25, 0.3) is 21.8 Å². The van der Waals surface area contributed by atoms with Crippen molar-refractivity contribution in [3.63, 3.8) is 0 Å². The lowest BCUT2D eigenvalue weighted by Gasteiger charge is -2.35. The molecule has 12 nitrogen and oxygen atoms in total. The van der Waals surface area contributed by atoms with Gasteiger partial charge in [-0.2, -0.15) is 9.97 Å². The molecule has 2 aromatic heterocycles. The molecule has 0 spiro atoms. The summed E-state index contributed by atoms with van der Waals surface area (Å²) in [7, 11) is 6.33. The third kappa shape index (κ3) is 4.67. The van der Waals surface area contributed by atoms with E-state index in [1.54, 1.807) is 52.7 Å². The topological polar surface area (TPSA) is 147 Å². The summed E-state index contributed by atoms with van der Waals surface area (Å²) in [6.07, 6.45) is 0. The molecular weight excluding hydrogens is 500 g/mol. The molecule has 2 aromatic carbocycles. The van der Waals surface area contributed by atoms with Gasteiger partial charge in [-0.3, -0.25) is 0 Å². The number of anilines is 4. The zero-order valence-corrected chi connectivity index (χ0v) is 21.8. The van der Waals surface area contributed by atoms with Crippen molar-refractivity contribution in [2.75, 3.05) is 75.9 Å². The maximum absolute atomic E-state index is 6.27. The Bertz CT molecular complexity index is 1340. The summed E-state index contributed by atoms with van der Waals surface area (Å²) in [5.74, 6) is 4.20. The van der Waals surface area contributed by atoms with Gasteiger partial charge in [-0.25, -0.2) is 9.97 Å². The predicted molar refractivity (Wildman–Crippen MR) is 146 cm³/mol. The number of halogens is 1. The quantitative estimate of drug-likeness (QED) is 0.379. The van der Waals surface area contributed by atoms with Crippen molar-refractivity contribution >= 4 is 57.7 Å². The number of rotatable bonds is 6. The third-order valence-corrected chi connectivity index (χ3v) is 6.28. The second kappa shape index (κ2) is 10.4. The largest absolute Gasteiger partial charge is 0.493 e. The van der Waals surface area contributed by atoms with E-state index in [0.717, 1.165) is 0 Å². The monoisotopic (exact) mass is 528 g/mol. The van der Waals surface area contributed by atoms with Crippen LogP contribution < -0.4 is 40.2 Å². The predicted octanol–water partition coefficient (Wildman–Crippen LogP) is 2.52. The molecule has 13 heteroatoms. The van der Waals surface area contributed by atoms with Crippen LogP contribution in [0.5, 0.6) is 23.0 Å². The molecule has 1 aliphatic rings. The number of methoxy groups -OCH3 is 4. The van der Waals surface area contributed by atoms with Gasteiger partial charge in [-0.05, 0) is 12.1 Å². The summed E-state index contributed by atoms with van der Waals surface area (Å²) in [6, 6.07) is 7.19. The molecule has 4 aromatic rings. The molecular formula is C24H29ClN8O4. The van der Waals surface area contributed by atoms with Crippen LogP contribution in [0.1, 0.15) is 0 Å². The summed E-state index contributed by atoms with van der Waals surface area (Å²) in [4.78, 5) is 22.7. The van der Waals surface area contributed by atoms with E-state index in [9.17, 15) is 0 Å². The molecule has 0 radical (unpaired) electrons. The number of piperazine rings is 1. The smallest absolute Gasteiger partial charge is 0.228 e. The fourth-order valence-corrected chi connectivity index (χ4v) is 4.32. The van der Waals surface area contributed by atoms with Gasteiger partial charge in [0, 0.05) is 49.1 Å². The van der Waals surface area contributed by atoms with Gasteiger partial charge in [-0.1, -0.05) is 0 Å². The maximum Gasteiger partial charge on any atom is 0.228 e. The van der Waals surface area contributed by atoms with Crippen molar-refractivity contribution in [1.29, 1.82) is 0 Å². The number of hydrogen-bond acceptors (Lipinski definition) is 12. The molecule has 1 fully saturated rings. The van der Waals surface area contributed by atoms with Crippen molar-refractivity contribution < 1.29 is 18.9 Å². The minimum absolute atomic E-state index is 0. The maximum atomic E-state index is 6.27. The summed E-state index contributed by atoms with van der Waals surface area (Å²) in [6.45, 7) is 2.63. The van der Waals surface area contributed by atoms with E-state index in [1.165, 1.54) is 0 Å². The van der Waals surface area contributed by atoms with Gasteiger partial charge in [0.2, 0.25) is 11.9 Å². The van der Waals surface area contributed by atoms with Crippen molar-refractivity contribution in [3.05, 3.63) is 24.3 Å². The van der Waals surface area contributed by atoms with Crippen LogP contribution in [0.15, 0.2) is 24.3 Å². The van der Waals surface area contributed by atoms with Gasteiger partial charge in [0.15, 0.2) is 23.0 Å². The average Bonchev–Trinajstić information content (AvgIpc) is 2.91. The van der Waals surface area contributed by atoms with Gasteiger partial charge in [0.05, 0.1) is 39.5 Å². The number of aromatic nitrogens is 4. The summed E-state index contributed by atoms with van der Waals surface area (Å²) in [5, 5.41) is 1.42. The van der Waals surface area contributed by atoms with Crippen LogP contribution in [-0.2, 0) is 0 Å². The molecule has 5 rings (SSSR count). The Labute approximate surface area is 219 Å². The molecule has 0 bridgehead atoms. The van der Waals surface area contributed by atoms with Crippen molar-refractivity contribution in [2.24, 2.45) is 0 Å². The second-order valence-corrected chi connectivity index (χ2v) is 8.24. The number of ether oxygens (including phenoxy) is 4. The summed E-state index contributed by atoms with van der Waals surface area (Å²) < 4.78 is 21.6. The van der Waals surface area contributed by atoms with Gasteiger partial charge in [0.1, 0.15) is 11.6 Å². The minimum atomic E-state index is 0. The SMILES string of the molecule is COc1cc2nc(N3CCN(c4nc(N)c5cc(OC)c(OC)cc5n4)CC3)nc(N)c2cc1OC.Cl. The first-order chi connectivity index (χ1) is 17.4. The summed E-state index contributed by atoms with van der Waals surface area (Å²) >= 11 is 0. The van der Waals surface area contributed by atoms with Crippen LogP contribution in [0.2, 0.25) is 0 Å². The van der Waals surface area contributed by atoms with E-state index in [-0.39, 0.29) is 12.4 Å². The number of nitrogens with zero attached hydrogens (tertiary/aromatic N) is 6. The molecule has 0 atom stereocenters. The van der Waals surface area contributed by atoms with Crippen molar-refractivity contribution in [1.82, 2.24) is 19.9 Å². The van der Waals surface area contributed by atoms with E-state index < -0.39 is 0 Å². The Hall–Kier alpha value is -4.19. The van der Waals surface area contributed by atoms with Crippen molar-refractivity contribution in [2.45, 2.75) is 0 Å². The van der Waals surface area contributed by atoms with Gasteiger partial charge < -0.3 is 40.2 Å². The fraction of sp³-hybridized carbons (Fsp3) is 0.333. The van der Waals surface area contributed by atoms with Gasteiger partial charge >= 0.3 is 0 Å². The zero-order chi connectivity index (χ0) is 25.4. The highest BCUT2D eigenvalue weighted by atomic mass is 35.5. The Kier molecular flexibility index (Phi) is 7.30. The Morgan fingerprint density at radius 3 is 1.22 bits per heavy atom. The van der Waals surface area contributed by atoms with E-state index in [0.29, 0.717) is 94.5 Å². The number of fused-ring (bicyclic) bond motifs is 2. The first kappa shape index (κ1) is 25.9. The lowest BCUT2D eigenvalue weighted by molar-refractivity contribution is 0.356. The number of hydrogen-bond donors (Lipinski definition) is 2.